The smallest absolute Gasteiger partial charge is 0.228 e. The zero-order valence-electron chi connectivity index (χ0n) is 12.9. The Hall–Kier alpha value is -0.610. The summed E-state index contributed by atoms with van der Waals surface area (Å²) < 4.78 is 5.58. The van der Waals surface area contributed by atoms with E-state index in [4.69, 9.17) is 10.5 Å². The van der Waals surface area contributed by atoms with Crippen LogP contribution in [0.2, 0.25) is 0 Å². The highest BCUT2D eigenvalue weighted by Crippen LogP contribution is 2.27. The van der Waals surface area contributed by atoms with E-state index in [0.29, 0.717) is 25.1 Å². The SMILES string of the molecule is CC1CC(C(=O)N(CCCN)C2CCCCCC2)CO1. The first-order chi connectivity index (χ1) is 9.72. The molecule has 0 aromatic rings. The fourth-order valence-electron chi connectivity index (χ4n) is 3.53. The number of nitrogens with two attached hydrogens (primary N) is 1. The van der Waals surface area contributed by atoms with Gasteiger partial charge in [0.05, 0.1) is 18.6 Å². The molecule has 1 aliphatic carbocycles. The van der Waals surface area contributed by atoms with E-state index in [1.165, 1.54) is 38.5 Å². The predicted octanol–water partition coefficient (Wildman–Crippen LogP) is 2.31. The maximum absolute atomic E-state index is 12.8. The van der Waals surface area contributed by atoms with Gasteiger partial charge in [0.2, 0.25) is 5.91 Å². The number of rotatable bonds is 5. The van der Waals surface area contributed by atoms with Crippen LogP contribution in [-0.2, 0) is 9.53 Å². The molecule has 0 bridgehead atoms. The van der Waals surface area contributed by atoms with Crippen molar-refractivity contribution in [2.24, 2.45) is 11.7 Å². The normalized spacial score (nSPS) is 28.3. The van der Waals surface area contributed by atoms with Crippen LogP contribution >= 0.6 is 0 Å². The molecule has 1 heterocycles. The van der Waals surface area contributed by atoms with Gasteiger partial charge in [-0.15, -0.1) is 0 Å². The Bertz CT molecular complexity index is 301. The first-order valence-corrected chi connectivity index (χ1v) is 8.34. The van der Waals surface area contributed by atoms with E-state index in [1.807, 2.05) is 0 Å². The summed E-state index contributed by atoms with van der Waals surface area (Å²) in [6.07, 6.45) is 9.50. The quantitative estimate of drug-likeness (QED) is 0.787. The van der Waals surface area contributed by atoms with E-state index in [9.17, 15) is 4.79 Å². The van der Waals surface area contributed by atoms with Crippen molar-refractivity contribution in [3.63, 3.8) is 0 Å². The summed E-state index contributed by atoms with van der Waals surface area (Å²) in [6.45, 7) is 4.15. The van der Waals surface area contributed by atoms with Gasteiger partial charge in [0.1, 0.15) is 0 Å². The molecule has 20 heavy (non-hydrogen) atoms. The molecule has 0 aromatic heterocycles. The van der Waals surface area contributed by atoms with Crippen LogP contribution in [0.3, 0.4) is 0 Å². The van der Waals surface area contributed by atoms with Gasteiger partial charge < -0.3 is 15.4 Å². The zero-order valence-corrected chi connectivity index (χ0v) is 12.9. The van der Waals surface area contributed by atoms with Crippen LogP contribution in [0.1, 0.15) is 58.3 Å². The number of hydrogen-bond donors (Lipinski definition) is 1. The van der Waals surface area contributed by atoms with E-state index in [-0.39, 0.29) is 12.0 Å². The molecule has 2 rings (SSSR count). The molecular formula is C16H30N2O2. The number of carbonyl (C=O) groups excluding carboxylic acids is 1. The Morgan fingerprint density at radius 2 is 1.95 bits per heavy atom. The summed E-state index contributed by atoms with van der Waals surface area (Å²) in [4.78, 5) is 15.0. The van der Waals surface area contributed by atoms with Crippen LogP contribution in [-0.4, -0.2) is 42.6 Å². The Balaban J connectivity index is 1.99. The van der Waals surface area contributed by atoms with Gasteiger partial charge in [-0.05, 0) is 39.2 Å². The molecule has 1 aliphatic heterocycles. The lowest BCUT2D eigenvalue weighted by molar-refractivity contribution is -0.138. The lowest BCUT2D eigenvalue weighted by Gasteiger charge is -2.33. The van der Waals surface area contributed by atoms with E-state index in [1.54, 1.807) is 0 Å². The molecule has 1 saturated carbocycles. The second-order valence-electron chi connectivity index (χ2n) is 6.40. The monoisotopic (exact) mass is 282 g/mol. The number of ether oxygens (including phenoxy) is 1. The van der Waals surface area contributed by atoms with Gasteiger partial charge >= 0.3 is 0 Å². The fraction of sp³-hybridized carbons (Fsp3) is 0.938. The van der Waals surface area contributed by atoms with Gasteiger partial charge in [0.15, 0.2) is 0 Å². The van der Waals surface area contributed by atoms with Gasteiger partial charge in [0.25, 0.3) is 0 Å². The van der Waals surface area contributed by atoms with Gasteiger partial charge in [-0.3, -0.25) is 4.79 Å². The molecule has 1 saturated heterocycles. The van der Waals surface area contributed by atoms with Crippen LogP contribution < -0.4 is 5.73 Å². The molecule has 4 heteroatoms. The highest BCUT2D eigenvalue weighted by Gasteiger charge is 2.34. The molecule has 2 fully saturated rings. The molecule has 1 amide bonds. The third-order valence-electron chi connectivity index (χ3n) is 4.70. The maximum Gasteiger partial charge on any atom is 0.228 e. The van der Waals surface area contributed by atoms with E-state index in [2.05, 4.69) is 11.8 Å². The van der Waals surface area contributed by atoms with Crippen molar-refractivity contribution in [1.82, 2.24) is 4.90 Å². The number of hydrogen-bond acceptors (Lipinski definition) is 3. The number of nitrogens with zero attached hydrogens (tertiary/aromatic N) is 1. The lowest BCUT2D eigenvalue weighted by atomic mass is 10.0. The molecular weight excluding hydrogens is 252 g/mol. The highest BCUT2D eigenvalue weighted by atomic mass is 16.5. The molecule has 116 valence electrons. The summed E-state index contributed by atoms with van der Waals surface area (Å²) in [5, 5.41) is 0. The number of carbonyl (C=O) groups is 1. The Morgan fingerprint density at radius 1 is 1.25 bits per heavy atom. The van der Waals surface area contributed by atoms with Crippen molar-refractivity contribution in [2.45, 2.75) is 70.4 Å². The predicted molar refractivity (Wildman–Crippen MR) is 80.4 cm³/mol. The topological polar surface area (TPSA) is 55.6 Å². The van der Waals surface area contributed by atoms with Gasteiger partial charge in [-0.1, -0.05) is 25.7 Å². The molecule has 0 spiro atoms. The van der Waals surface area contributed by atoms with E-state index in [0.717, 1.165) is 19.4 Å². The second-order valence-corrected chi connectivity index (χ2v) is 6.40. The van der Waals surface area contributed by atoms with Crippen LogP contribution in [0.25, 0.3) is 0 Å². The summed E-state index contributed by atoms with van der Waals surface area (Å²) in [6, 6.07) is 0.437. The van der Waals surface area contributed by atoms with Crippen molar-refractivity contribution < 1.29 is 9.53 Å². The Kier molecular flexibility index (Phi) is 6.30. The van der Waals surface area contributed by atoms with Crippen molar-refractivity contribution in [2.75, 3.05) is 19.7 Å². The zero-order chi connectivity index (χ0) is 14.4. The molecule has 2 N–H and O–H groups in total. The molecule has 2 atom stereocenters. The van der Waals surface area contributed by atoms with Gasteiger partial charge in [-0.2, -0.15) is 0 Å². The summed E-state index contributed by atoms with van der Waals surface area (Å²) in [5.74, 6) is 0.390. The Labute approximate surface area is 123 Å². The van der Waals surface area contributed by atoms with Crippen molar-refractivity contribution in [3.8, 4) is 0 Å². The van der Waals surface area contributed by atoms with Crippen molar-refractivity contribution in [3.05, 3.63) is 0 Å². The molecule has 2 aliphatic rings. The van der Waals surface area contributed by atoms with Crippen LogP contribution in [0, 0.1) is 5.92 Å². The van der Waals surface area contributed by atoms with Gasteiger partial charge in [0, 0.05) is 12.6 Å². The average molecular weight is 282 g/mol. The van der Waals surface area contributed by atoms with Crippen molar-refractivity contribution in [1.29, 1.82) is 0 Å². The minimum atomic E-state index is 0.0750. The summed E-state index contributed by atoms with van der Waals surface area (Å²) >= 11 is 0. The summed E-state index contributed by atoms with van der Waals surface area (Å²) in [5.41, 5.74) is 5.65. The first-order valence-electron chi connectivity index (χ1n) is 8.34. The Morgan fingerprint density at radius 3 is 2.50 bits per heavy atom. The maximum atomic E-state index is 12.8. The molecule has 0 aromatic carbocycles. The molecule has 2 unspecified atom stereocenters. The highest BCUT2D eigenvalue weighted by molar-refractivity contribution is 5.79. The third-order valence-corrected chi connectivity index (χ3v) is 4.70. The largest absolute Gasteiger partial charge is 0.378 e. The van der Waals surface area contributed by atoms with Crippen LogP contribution in [0.15, 0.2) is 0 Å². The van der Waals surface area contributed by atoms with Crippen LogP contribution in [0.4, 0.5) is 0 Å². The van der Waals surface area contributed by atoms with E-state index >= 15 is 0 Å². The minimum absolute atomic E-state index is 0.0750. The fourth-order valence-corrected chi connectivity index (χ4v) is 3.53. The molecule has 4 nitrogen and oxygen atoms in total. The van der Waals surface area contributed by atoms with Crippen LogP contribution in [0.5, 0.6) is 0 Å². The van der Waals surface area contributed by atoms with Gasteiger partial charge in [-0.25, -0.2) is 0 Å². The van der Waals surface area contributed by atoms with E-state index < -0.39 is 0 Å². The average Bonchev–Trinajstić information content (AvgIpc) is 2.72. The number of amides is 1. The summed E-state index contributed by atoms with van der Waals surface area (Å²) in [7, 11) is 0. The molecule has 0 radical (unpaired) electrons. The standard InChI is InChI=1S/C16H30N2O2/c1-13-11-14(12-20-13)16(19)18(10-6-9-17)15-7-4-2-3-5-8-15/h13-15H,2-12,17H2,1H3. The lowest BCUT2D eigenvalue weighted by Crippen LogP contribution is -2.44. The second kappa shape index (κ2) is 7.99. The first kappa shape index (κ1) is 15.8. The third kappa shape index (κ3) is 4.19. The minimum Gasteiger partial charge on any atom is -0.378 e. The van der Waals surface area contributed by atoms with Crippen molar-refractivity contribution >= 4 is 5.91 Å².